The maximum Gasteiger partial charge on any atom is 0.0618 e. The second kappa shape index (κ2) is 7.11. The summed E-state index contributed by atoms with van der Waals surface area (Å²) in [5.41, 5.74) is 2.89. The topological polar surface area (TPSA) is 9.23 Å². The Bertz CT molecular complexity index is 663. The number of fused-ring (bicyclic) bond motifs is 7. The molecule has 1 heteroatoms. The number of hydrogen-bond donors (Lipinski definition) is 0. The van der Waals surface area contributed by atoms with Crippen LogP contribution >= 0.6 is 0 Å². The van der Waals surface area contributed by atoms with Gasteiger partial charge in [0.15, 0.2) is 0 Å². The second-order valence-electron chi connectivity index (χ2n) is 13.0. The lowest BCUT2D eigenvalue weighted by molar-refractivity contribution is -0.0542. The molecule has 29 heavy (non-hydrogen) atoms. The highest BCUT2D eigenvalue weighted by molar-refractivity contribution is 5.25. The van der Waals surface area contributed by atoms with Gasteiger partial charge in [-0.05, 0) is 110 Å². The molecule has 0 radical (unpaired) electrons. The minimum atomic E-state index is 0.515. The van der Waals surface area contributed by atoms with E-state index in [1.165, 1.54) is 57.8 Å². The van der Waals surface area contributed by atoms with Crippen LogP contribution in [0.15, 0.2) is 11.6 Å². The van der Waals surface area contributed by atoms with Crippen LogP contribution in [0.4, 0.5) is 0 Å². The Balaban J connectivity index is 1.37. The van der Waals surface area contributed by atoms with E-state index < -0.39 is 0 Å². The SMILES string of the molecule is CC(C)CC[C@H]1O[C@@H]2C[C@H]3[C@@H]4CC=C5CC(C)CC[C@]5(C)[C@H]4CC[C@]3(C)C2C1C. The van der Waals surface area contributed by atoms with Crippen LogP contribution in [0, 0.1) is 52.3 Å². The van der Waals surface area contributed by atoms with Gasteiger partial charge in [0.1, 0.15) is 0 Å². The Labute approximate surface area is 180 Å². The largest absolute Gasteiger partial charge is 0.374 e. The molecule has 4 fully saturated rings. The van der Waals surface area contributed by atoms with Gasteiger partial charge in [-0.2, -0.15) is 0 Å². The first kappa shape index (κ1) is 20.6. The molecule has 3 unspecified atom stereocenters. The number of rotatable bonds is 3. The average molecular weight is 399 g/mol. The molecule has 164 valence electrons. The molecule has 5 aliphatic rings. The molecule has 1 saturated heterocycles. The molecule has 0 amide bonds. The van der Waals surface area contributed by atoms with Gasteiger partial charge in [-0.15, -0.1) is 0 Å². The van der Waals surface area contributed by atoms with E-state index in [2.05, 4.69) is 47.6 Å². The summed E-state index contributed by atoms with van der Waals surface area (Å²) in [6.07, 6.45) is 16.4. The van der Waals surface area contributed by atoms with Gasteiger partial charge in [-0.25, -0.2) is 0 Å². The third-order valence-corrected chi connectivity index (χ3v) is 11.0. The molecular formula is C28H46O. The normalized spacial score (nSPS) is 53.8. The first-order valence-electron chi connectivity index (χ1n) is 13.1. The van der Waals surface area contributed by atoms with Crippen LogP contribution in [0.5, 0.6) is 0 Å². The van der Waals surface area contributed by atoms with Crippen LogP contribution in [0.25, 0.3) is 0 Å². The smallest absolute Gasteiger partial charge is 0.0618 e. The number of allylic oxidation sites excluding steroid dienone is 2. The van der Waals surface area contributed by atoms with E-state index in [-0.39, 0.29) is 0 Å². The lowest BCUT2D eigenvalue weighted by Gasteiger charge is -2.58. The van der Waals surface area contributed by atoms with E-state index in [4.69, 9.17) is 4.74 Å². The summed E-state index contributed by atoms with van der Waals surface area (Å²) in [7, 11) is 0. The van der Waals surface area contributed by atoms with Crippen LogP contribution in [0.3, 0.4) is 0 Å². The summed E-state index contributed by atoms with van der Waals surface area (Å²) in [4.78, 5) is 0. The molecule has 0 N–H and O–H groups in total. The van der Waals surface area contributed by atoms with Crippen molar-refractivity contribution in [3.63, 3.8) is 0 Å². The van der Waals surface area contributed by atoms with Crippen molar-refractivity contribution in [1.29, 1.82) is 0 Å². The zero-order valence-electron chi connectivity index (χ0n) is 20.0. The van der Waals surface area contributed by atoms with Crippen molar-refractivity contribution in [2.24, 2.45) is 52.3 Å². The summed E-state index contributed by atoms with van der Waals surface area (Å²) in [6, 6.07) is 0. The standard InChI is InChI=1S/C28H46O/c1-17(2)7-10-24-19(4)26-25(29-24)16-23-21-9-8-20-15-18(3)11-13-27(20,5)22(21)12-14-28(23,26)6/h8,17-19,21-26H,7,9-16H2,1-6H3/t18?,19?,21-,22+,23+,24-,25-,26?,27+,28+/m1/s1. The summed E-state index contributed by atoms with van der Waals surface area (Å²) >= 11 is 0. The quantitative estimate of drug-likeness (QED) is 0.443. The molecule has 1 aliphatic heterocycles. The third kappa shape index (κ3) is 3.03. The van der Waals surface area contributed by atoms with Gasteiger partial charge in [0.2, 0.25) is 0 Å². The maximum atomic E-state index is 6.82. The first-order valence-corrected chi connectivity index (χ1v) is 13.1. The van der Waals surface area contributed by atoms with Crippen LogP contribution in [-0.4, -0.2) is 12.2 Å². The molecule has 0 spiro atoms. The predicted octanol–water partition coefficient (Wildman–Crippen LogP) is 7.65. The molecule has 0 bridgehead atoms. The summed E-state index contributed by atoms with van der Waals surface area (Å²) < 4.78 is 6.82. The van der Waals surface area contributed by atoms with E-state index in [0.717, 1.165) is 41.4 Å². The second-order valence-corrected chi connectivity index (χ2v) is 13.0. The molecule has 5 rings (SSSR count). The van der Waals surface area contributed by atoms with Crippen molar-refractivity contribution in [1.82, 2.24) is 0 Å². The highest BCUT2D eigenvalue weighted by Crippen LogP contribution is 2.69. The van der Waals surface area contributed by atoms with E-state index in [1.54, 1.807) is 0 Å². The molecule has 0 aromatic carbocycles. The van der Waals surface area contributed by atoms with Crippen LogP contribution in [-0.2, 0) is 4.74 Å². The van der Waals surface area contributed by atoms with Crippen molar-refractivity contribution < 1.29 is 4.74 Å². The zero-order chi connectivity index (χ0) is 20.6. The van der Waals surface area contributed by atoms with E-state index in [1.807, 2.05) is 5.57 Å². The first-order chi connectivity index (χ1) is 13.7. The van der Waals surface area contributed by atoms with Gasteiger partial charge in [-0.1, -0.05) is 53.2 Å². The molecular weight excluding hydrogens is 352 g/mol. The van der Waals surface area contributed by atoms with Crippen molar-refractivity contribution in [3.05, 3.63) is 11.6 Å². The minimum absolute atomic E-state index is 0.515. The molecule has 4 aliphatic carbocycles. The fourth-order valence-corrected chi connectivity index (χ4v) is 9.36. The van der Waals surface area contributed by atoms with Gasteiger partial charge in [0.25, 0.3) is 0 Å². The number of hydrogen-bond acceptors (Lipinski definition) is 1. The average Bonchev–Trinajstić information content (AvgIpc) is 3.14. The Hall–Kier alpha value is -0.300. The molecule has 3 saturated carbocycles. The zero-order valence-corrected chi connectivity index (χ0v) is 20.0. The molecule has 10 atom stereocenters. The van der Waals surface area contributed by atoms with Crippen LogP contribution < -0.4 is 0 Å². The van der Waals surface area contributed by atoms with Gasteiger partial charge in [-0.3, -0.25) is 0 Å². The van der Waals surface area contributed by atoms with Crippen molar-refractivity contribution in [3.8, 4) is 0 Å². The van der Waals surface area contributed by atoms with Crippen LogP contribution in [0.2, 0.25) is 0 Å². The Morgan fingerprint density at radius 2 is 1.90 bits per heavy atom. The molecule has 1 nitrogen and oxygen atoms in total. The monoisotopic (exact) mass is 398 g/mol. The minimum Gasteiger partial charge on any atom is -0.374 e. The predicted molar refractivity (Wildman–Crippen MR) is 122 cm³/mol. The van der Waals surface area contributed by atoms with Gasteiger partial charge in [0.05, 0.1) is 12.2 Å². The lowest BCUT2D eigenvalue weighted by Crippen LogP contribution is -2.50. The Morgan fingerprint density at radius 1 is 1.10 bits per heavy atom. The Morgan fingerprint density at radius 3 is 2.66 bits per heavy atom. The van der Waals surface area contributed by atoms with E-state index in [9.17, 15) is 0 Å². The van der Waals surface area contributed by atoms with Gasteiger partial charge < -0.3 is 4.74 Å². The van der Waals surface area contributed by atoms with Gasteiger partial charge >= 0.3 is 0 Å². The van der Waals surface area contributed by atoms with Crippen molar-refractivity contribution in [2.45, 2.75) is 112 Å². The van der Waals surface area contributed by atoms with E-state index in [0.29, 0.717) is 23.0 Å². The maximum absolute atomic E-state index is 6.82. The van der Waals surface area contributed by atoms with Crippen molar-refractivity contribution >= 4 is 0 Å². The van der Waals surface area contributed by atoms with Crippen molar-refractivity contribution in [2.75, 3.05) is 0 Å². The lowest BCUT2D eigenvalue weighted by atomic mass is 9.46. The molecule has 1 heterocycles. The van der Waals surface area contributed by atoms with Gasteiger partial charge in [0, 0.05) is 0 Å². The highest BCUT2D eigenvalue weighted by atomic mass is 16.5. The molecule has 0 aromatic heterocycles. The summed E-state index contributed by atoms with van der Waals surface area (Å²) in [5, 5.41) is 0. The number of ether oxygens (including phenoxy) is 1. The summed E-state index contributed by atoms with van der Waals surface area (Å²) in [5.74, 6) is 6.04. The fourth-order valence-electron chi connectivity index (χ4n) is 9.36. The fraction of sp³-hybridized carbons (Fsp3) is 0.929. The highest BCUT2D eigenvalue weighted by Gasteiger charge is 2.64. The third-order valence-electron chi connectivity index (χ3n) is 11.0. The van der Waals surface area contributed by atoms with E-state index >= 15 is 0 Å². The van der Waals surface area contributed by atoms with Crippen LogP contribution in [0.1, 0.15) is 99.3 Å². The summed E-state index contributed by atoms with van der Waals surface area (Å²) in [6.45, 7) is 15.1. The molecule has 0 aromatic rings. The Kier molecular flexibility index (Phi) is 5.05.